The third-order valence-corrected chi connectivity index (χ3v) is 2.35. The Morgan fingerprint density at radius 1 is 1.50 bits per heavy atom. The molecule has 0 atom stereocenters. The van der Waals surface area contributed by atoms with Gasteiger partial charge in [0.2, 0.25) is 6.08 Å². The second-order valence-electron chi connectivity index (χ2n) is 3.29. The van der Waals surface area contributed by atoms with Crippen LogP contribution in [-0.2, 0) is 14.3 Å². The number of esters is 1. The average Bonchev–Trinajstić information content (AvgIpc) is 2.68. The summed E-state index contributed by atoms with van der Waals surface area (Å²) in [5.74, 6) is -0.221. The molecule has 14 heavy (non-hydrogen) atoms. The maximum absolute atomic E-state index is 11.1. The van der Waals surface area contributed by atoms with Gasteiger partial charge < -0.3 is 4.74 Å². The maximum atomic E-state index is 11.1. The van der Waals surface area contributed by atoms with Crippen molar-refractivity contribution in [2.45, 2.75) is 25.7 Å². The van der Waals surface area contributed by atoms with Crippen molar-refractivity contribution >= 4 is 12.0 Å². The van der Waals surface area contributed by atoms with Crippen LogP contribution in [0.3, 0.4) is 0 Å². The van der Waals surface area contributed by atoms with Gasteiger partial charge in [-0.3, -0.25) is 0 Å². The summed E-state index contributed by atoms with van der Waals surface area (Å²) in [6, 6.07) is 0. The Bertz CT molecular complexity index is 284. The highest BCUT2D eigenvalue weighted by atomic mass is 16.5. The molecule has 1 fully saturated rings. The smallest absolute Gasteiger partial charge is 0.357 e. The number of rotatable bonds is 3. The van der Waals surface area contributed by atoms with E-state index in [0.717, 1.165) is 12.8 Å². The third-order valence-electron chi connectivity index (χ3n) is 2.35. The summed E-state index contributed by atoms with van der Waals surface area (Å²) in [5, 5.41) is 0. The molecule has 1 aliphatic carbocycles. The molecule has 0 aliphatic heterocycles. The van der Waals surface area contributed by atoms with E-state index in [4.69, 9.17) is 0 Å². The zero-order valence-electron chi connectivity index (χ0n) is 8.16. The maximum Gasteiger partial charge on any atom is 0.357 e. The summed E-state index contributed by atoms with van der Waals surface area (Å²) >= 11 is 0. The molecule has 0 unspecified atom stereocenters. The number of ether oxygens (including phenoxy) is 1. The van der Waals surface area contributed by atoms with Gasteiger partial charge in [0.1, 0.15) is 0 Å². The molecule has 1 aliphatic rings. The van der Waals surface area contributed by atoms with Crippen molar-refractivity contribution in [1.82, 2.24) is 0 Å². The summed E-state index contributed by atoms with van der Waals surface area (Å²) in [6.45, 7) is 0. The van der Waals surface area contributed by atoms with Crippen LogP contribution in [-0.4, -0.2) is 19.2 Å². The fraction of sp³-hybridized carbons (Fsp3) is 0.600. The van der Waals surface area contributed by atoms with Crippen LogP contribution in [0.1, 0.15) is 25.7 Å². The molecular formula is C10H13NO3. The number of carbonyl (C=O) groups is 1. The highest BCUT2D eigenvalue weighted by molar-refractivity contribution is 5.88. The summed E-state index contributed by atoms with van der Waals surface area (Å²) in [5.41, 5.74) is 0.0781. The number of aliphatic imine (C=N–C) groups is 1. The molecular weight excluding hydrogens is 182 g/mol. The van der Waals surface area contributed by atoms with Crippen molar-refractivity contribution in [2.75, 3.05) is 7.11 Å². The van der Waals surface area contributed by atoms with Crippen LogP contribution in [0.15, 0.2) is 16.8 Å². The van der Waals surface area contributed by atoms with Crippen LogP contribution in [0.25, 0.3) is 0 Å². The Labute approximate surface area is 82.7 Å². The first-order chi connectivity index (χ1) is 6.77. The minimum Gasteiger partial charge on any atom is -0.464 e. The molecule has 0 aromatic heterocycles. The van der Waals surface area contributed by atoms with Crippen molar-refractivity contribution in [3.05, 3.63) is 11.8 Å². The number of methoxy groups -OCH3 is 1. The lowest BCUT2D eigenvalue weighted by atomic mass is 10.1. The van der Waals surface area contributed by atoms with Gasteiger partial charge in [-0.15, -0.1) is 0 Å². The Hall–Kier alpha value is -1.41. The van der Waals surface area contributed by atoms with Gasteiger partial charge in [-0.05, 0) is 24.8 Å². The summed E-state index contributed by atoms with van der Waals surface area (Å²) in [7, 11) is 1.27. The van der Waals surface area contributed by atoms with E-state index >= 15 is 0 Å². The molecule has 4 nitrogen and oxygen atoms in total. The molecule has 76 valence electrons. The van der Waals surface area contributed by atoms with E-state index in [0.29, 0.717) is 5.92 Å². The first kappa shape index (κ1) is 10.7. The topological polar surface area (TPSA) is 55.7 Å². The second-order valence-corrected chi connectivity index (χ2v) is 3.29. The van der Waals surface area contributed by atoms with E-state index in [-0.39, 0.29) is 5.70 Å². The number of hydrogen-bond acceptors (Lipinski definition) is 4. The van der Waals surface area contributed by atoms with Gasteiger partial charge in [0, 0.05) is 0 Å². The van der Waals surface area contributed by atoms with Crippen LogP contribution in [0.5, 0.6) is 0 Å². The van der Waals surface area contributed by atoms with Crippen LogP contribution in [0.4, 0.5) is 0 Å². The Morgan fingerprint density at radius 2 is 2.14 bits per heavy atom. The Kier molecular flexibility index (Phi) is 4.08. The molecule has 0 heterocycles. The van der Waals surface area contributed by atoms with Gasteiger partial charge in [0.25, 0.3) is 0 Å². The van der Waals surface area contributed by atoms with Crippen LogP contribution < -0.4 is 0 Å². The van der Waals surface area contributed by atoms with E-state index in [2.05, 4.69) is 9.73 Å². The van der Waals surface area contributed by atoms with E-state index in [1.54, 1.807) is 6.08 Å². The highest BCUT2D eigenvalue weighted by Gasteiger charge is 2.16. The van der Waals surface area contributed by atoms with Gasteiger partial charge in [0.05, 0.1) is 7.11 Å². The quantitative estimate of drug-likeness (QED) is 0.297. The van der Waals surface area contributed by atoms with Crippen molar-refractivity contribution in [1.29, 1.82) is 0 Å². The van der Waals surface area contributed by atoms with E-state index in [9.17, 15) is 9.59 Å². The largest absolute Gasteiger partial charge is 0.464 e. The zero-order chi connectivity index (χ0) is 10.4. The molecule has 1 rings (SSSR count). The fourth-order valence-electron chi connectivity index (χ4n) is 1.65. The predicted octanol–water partition coefficient (Wildman–Crippen LogP) is 1.57. The average molecular weight is 195 g/mol. The molecule has 0 bridgehead atoms. The minimum absolute atomic E-state index is 0.0781. The molecule has 0 aromatic rings. The highest BCUT2D eigenvalue weighted by Crippen LogP contribution is 2.27. The standard InChI is InChI=1S/C10H13NO3/c1-14-10(13)9(11-7-12)6-8-4-2-3-5-8/h6,8H,2-5H2,1H3. The van der Waals surface area contributed by atoms with E-state index in [1.807, 2.05) is 0 Å². The summed E-state index contributed by atoms with van der Waals surface area (Å²) < 4.78 is 4.50. The summed E-state index contributed by atoms with van der Waals surface area (Å²) in [6.07, 6.45) is 7.51. The number of hydrogen-bond donors (Lipinski definition) is 0. The summed E-state index contributed by atoms with van der Waals surface area (Å²) in [4.78, 5) is 24.5. The first-order valence-electron chi connectivity index (χ1n) is 4.66. The fourth-order valence-corrected chi connectivity index (χ4v) is 1.65. The van der Waals surface area contributed by atoms with Gasteiger partial charge in [0.15, 0.2) is 5.70 Å². The number of isocyanates is 1. The normalized spacial score (nSPS) is 17.6. The lowest BCUT2D eigenvalue weighted by molar-refractivity contribution is -0.136. The number of allylic oxidation sites excluding steroid dienone is 1. The predicted molar refractivity (Wildman–Crippen MR) is 50.2 cm³/mol. The van der Waals surface area contributed by atoms with Crippen LogP contribution in [0.2, 0.25) is 0 Å². The SMILES string of the molecule is COC(=O)C(=CC1CCCC1)N=C=O. The van der Waals surface area contributed by atoms with Crippen molar-refractivity contribution in [3.63, 3.8) is 0 Å². The monoisotopic (exact) mass is 195 g/mol. The van der Waals surface area contributed by atoms with E-state index in [1.165, 1.54) is 26.0 Å². The van der Waals surface area contributed by atoms with Gasteiger partial charge >= 0.3 is 5.97 Å². The Morgan fingerprint density at radius 3 is 2.64 bits per heavy atom. The number of carbonyl (C=O) groups excluding carboxylic acids is 2. The van der Waals surface area contributed by atoms with Crippen molar-refractivity contribution < 1.29 is 14.3 Å². The lowest BCUT2D eigenvalue weighted by Crippen LogP contribution is -2.04. The molecule has 0 saturated heterocycles. The molecule has 1 saturated carbocycles. The molecule has 4 heteroatoms. The van der Waals surface area contributed by atoms with Crippen LogP contribution >= 0.6 is 0 Å². The van der Waals surface area contributed by atoms with Gasteiger partial charge in [-0.2, -0.15) is 4.99 Å². The minimum atomic E-state index is -0.569. The first-order valence-corrected chi connectivity index (χ1v) is 4.66. The van der Waals surface area contributed by atoms with Gasteiger partial charge in [-0.25, -0.2) is 9.59 Å². The second kappa shape index (κ2) is 5.35. The third kappa shape index (κ3) is 2.82. The molecule has 0 spiro atoms. The van der Waals surface area contributed by atoms with Crippen molar-refractivity contribution in [2.24, 2.45) is 10.9 Å². The Balaban J connectivity index is 2.74. The molecule has 0 amide bonds. The van der Waals surface area contributed by atoms with Crippen LogP contribution in [0, 0.1) is 5.92 Å². The van der Waals surface area contributed by atoms with Gasteiger partial charge in [-0.1, -0.05) is 12.8 Å². The molecule has 0 aromatic carbocycles. The van der Waals surface area contributed by atoms with E-state index < -0.39 is 5.97 Å². The molecule has 0 N–H and O–H groups in total. The lowest BCUT2D eigenvalue weighted by Gasteiger charge is -2.02. The molecule has 0 radical (unpaired) electrons. The zero-order valence-corrected chi connectivity index (χ0v) is 8.16. The van der Waals surface area contributed by atoms with Crippen molar-refractivity contribution in [3.8, 4) is 0 Å². The number of nitrogens with zero attached hydrogens (tertiary/aromatic N) is 1.